The summed E-state index contributed by atoms with van der Waals surface area (Å²) in [7, 11) is 0. The zero-order chi connectivity index (χ0) is 11.5. The Bertz CT molecular complexity index is 160. The van der Waals surface area contributed by atoms with Gasteiger partial charge in [0.2, 0.25) is 5.91 Å². The molecule has 0 rings (SSSR count). The van der Waals surface area contributed by atoms with E-state index in [1.807, 2.05) is 0 Å². The normalized spacial score (nSPS) is 10.7. The number of amides is 1. The quantitative estimate of drug-likeness (QED) is 0.507. The van der Waals surface area contributed by atoms with Crippen molar-refractivity contribution < 1.29 is 4.79 Å². The molecule has 0 bridgehead atoms. The molecule has 1 N–H and O–H groups in total. The number of hydrogen-bond donors (Lipinski definition) is 1. The highest BCUT2D eigenvalue weighted by Gasteiger charge is 2.01. The Hall–Kier alpha value is -0.0500. The fraction of sp³-hybridized carbons (Fsp3) is 0.917. The second-order valence-corrected chi connectivity index (χ2v) is 5.18. The maximum absolute atomic E-state index is 11.3. The maximum atomic E-state index is 11.3. The average molecular weight is 278 g/mol. The van der Waals surface area contributed by atoms with Crippen molar-refractivity contribution in [3.05, 3.63) is 0 Å². The predicted octanol–water partition coefficient (Wildman–Crippen LogP) is 3.49. The molecule has 0 aromatic rings. The van der Waals surface area contributed by atoms with Crippen LogP contribution in [0.25, 0.3) is 0 Å². The molecular weight excluding hydrogens is 254 g/mol. The van der Waals surface area contributed by atoms with Crippen molar-refractivity contribution in [1.29, 1.82) is 0 Å². The molecule has 90 valence electrons. The van der Waals surface area contributed by atoms with Gasteiger partial charge in [0, 0.05) is 18.3 Å². The van der Waals surface area contributed by atoms with Gasteiger partial charge >= 0.3 is 0 Å². The summed E-state index contributed by atoms with van der Waals surface area (Å²) in [5, 5.41) is 4.06. The highest BCUT2D eigenvalue weighted by molar-refractivity contribution is 9.09. The summed E-state index contributed by atoms with van der Waals surface area (Å²) in [6, 6.07) is 0. The third-order valence-corrected chi connectivity index (χ3v) is 2.89. The van der Waals surface area contributed by atoms with E-state index in [0.717, 1.165) is 24.7 Å². The smallest absolute Gasteiger partial charge is 0.220 e. The third kappa shape index (κ3) is 11.9. The molecule has 0 saturated heterocycles. The van der Waals surface area contributed by atoms with Crippen molar-refractivity contribution >= 4 is 21.8 Å². The van der Waals surface area contributed by atoms with E-state index in [4.69, 9.17) is 0 Å². The van der Waals surface area contributed by atoms with E-state index in [-0.39, 0.29) is 5.91 Å². The van der Waals surface area contributed by atoms with Gasteiger partial charge in [-0.1, -0.05) is 42.6 Å². The number of rotatable bonds is 9. The van der Waals surface area contributed by atoms with Crippen LogP contribution in [0.15, 0.2) is 0 Å². The number of unbranched alkanes of at least 4 members (excludes halogenated alkanes) is 3. The Labute approximate surface area is 102 Å². The molecular formula is C12H24BrNO. The Morgan fingerprint density at radius 2 is 1.87 bits per heavy atom. The lowest BCUT2D eigenvalue weighted by molar-refractivity contribution is -0.121. The molecule has 0 atom stereocenters. The summed E-state index contributed by atoms with van der Waals surface area (Å²) in [5.41, 5.74) is 0. The summed E-state index contributed by atoms with van der Waals surface area (Å²) in [5.74, 6) is 0.832. The van der Waals surface area contributed by atoms with Crippen molar-refractivity contribution in [2.45, 2.75) is 52.4 Å². The molecule has 15 heavy (non-hydrogen) atoms. The first-order chi connectivity index (χ1) is 7.16. The molecule has 0 fully saturated rings. The van der Waals surface area contributed by atoms with E-state index in [1.165, 1.54) is 19.3 Å². The number of halogens is 1. The summed E-state index contributed by atoms with van der Waals surface area (Å²) in [6.07, 6.45) is 6.50. The second-order valence-electron chi connectivity index (χ2n) is 4.39. The van der Waals surface area contributed by atoms with E-state index >= 15 is 0 Å². The molecule has 0 aromatic carbocycles. The van der Waals surface area contributed by atoms with Gasteiger partial charge in [0.05, 0.1) is 0 Å². The molecule has 3 heteroatoms. The second kappa shape index (κ2) is 10.5. The molecule has 0 aliphatic rings. The van der Waals surface area contributed by atoms with Crippen LogP contribution in [0.2, 0.25) is 0 Å². The minimum atomic E-state index is 0.212. The lowest BCUT2D eigenvalue weighted by Crippen LogP contribution is -2.24. The van der Waals surface area contributed by atoms with Crippen molar-refractivity contribution in [1.82, 2.24) is 5.32 Å². The fourth-order valence-corrected chi connectivity index (χ4v) is 1.71. The van der Waals surface area contributed by atoms with Crippen LogP contribution in [-0.4, -0.2) is 17.8 Å². The van der Waals surface area contributed by atoms with Gasteiger partial charge in [0.25, 0.3) is 0 Å². The van der Waals surface area contributed by atoms with Gasteiger partial charge in [0.1, 0.15) is 0 Å². The van der Waals surface area contributed by atoms with Gasteiger partial charge in [-0.25, -0.2) is 0 Å². The minimum Gasteiger partial charge on any atom is -0.356 e. The molecule has 0 radical (unpaired) electrons. The van der Waals surface area contributed by atoms with E-state index in [9.17, 15) is 4.79 Å². The first kappa shape index (κ1) is 14.9. The lowest BCUT2D eigenvalue weighted by atomic mass is 10.1. The van der Waals surface area contributed by atoms with Crippen molar-refractivity contribution in [2.75, 3.05) is 11.9 Å². The monoisotopic (exact) mass is 277 g/mol. The molecule has 0 aromatic heterocycles. The van der Waals surface area contributed by atoms with Crippen LogP contribution in [0, 0.1) is 5.92 Å². The van der Waals surface area contributed by atoms with Gasteiger partial charge in [-0.3, -0.25) is 4.79 Å². The first-order valence-corrected chi connectivity index (χ1v) is 7.11. The SMILES string of the molecule is CC(C)CCC(=O)NCCCCCCBr. The summed E-state index contributed by atoms with van der Waals surface area (Å²) < 4.78 is 0. The van der Waals surface area contributed by atoms with Crippen LogP contribution < -0.4 is 5.32 Å². The van der Waals surface area contributed by atoms with Crippen LogP contribution in [0.5, 0.6) is 0 Å². The van der Waals surface area contributed by atoms with E-state index in [2.05, 4.69) is 35.1 Å². The molecule has 1 amide bonds. The highest BCUT2D eigenvalue weighted by Crippen LogP contribution is 2.03. The molecule has 0 saturated carbocycles. The van der Waals surface area contributed by atoms with E-state index in [0.29, 0.717) is 12.3 Å². The van der Waals surface area contributed by atoms with Crippen LogP contribution in [0.1, 0.15) is 52.4 Å². The molecule has 0 unspecified atom stereocenters. The molecule has 0 aliphatic carbocycles. The van der Waals surface area contributed by atoms with Gasteiger partial charge < -0.3 is 5.32 Å². The minimum absolute atomic E-state index is 0.212. The standard InChI is InChI=1S/C12H24BrNO/c1-11(2)7-8-12(15)14-10-6-4-3-5-9-13/h11H,3-10H2,1-2H3,(H,14,15). The predicted molar refractivity (Wildman–Crippen MR) is 69.3 cm³/mol. The lowest BCUT2D eigenvalue weighted by Gasteiger charge is -2.06. The Morgan fingerprint density at radius 1 is 1.20 bits per heavy atom. The number of nitrogens with one attached hydrogen (secondary N) is 1. The maximum Gasteiger partial charge on any atom is 0.220 e. The molecule has 0 spiro atoms. The Morgan fingerprint density at radius 3 is 2.47 bits per heavy atom. The van der Waals surface area contributed by atoms with Gasteiger partial charge in [0.15, 0.2) is 0 Å². The third-order valence-electron chi connectivity index (χ3n) is 2.33. The van der Waals surface area contributed by atoms with Crippen molar-refractivity contribution in [3.63, 3.8) is 0 Å². The van der Waals surface area contributed by atoms with Crippen molar-refractivity contribution in [3.8, 4) is 0 Å². The van der Waals surface area contributed by atoms with E-state index in [1.54, 1.807) is 0 Å². The zero-order valence-corrected chi connectivity index (χ0v) is 11.6. The number of alkyl halides is 1. The Balaban J connectivity index is 3.17. The highest BCUT2D eigenvalue weighted by atomic mass is 79.9. The average Bonchev–Trinajstić information content (AvgIpc) is 2.20. The summed E-state index contributed by atoms with van der Waals surface area (Å²) >= 11 is 3.41. The fourth-order valence-electron chi connectivity index (χ4n) is 1.31. The van der Waals surface area contributed by atoms with Gasteiger partial charge in [-0.2, -0.15) is 0 Å². The number of carbonyl (C=O) groups excluding carboxylic acids is 1. The molecule has 2 nitrogen and oxygen atoms in total. The largest absolute Gasteiger partial charge is 0.356 e. The number of carbonyl (C=O) groups is 1. The summed E-state index contributed by atoms with van der Waals surface area (Å²) in [6.45, 7) is 5.14. The van der Waals surface area contributed by atoms with Gasteiger partial charge in [-0.05, 0) is 25.2 Å². The van der Waals surface area contributed by atoms with Crippen LogP contribution >= 0.6 is 15.9 Å². The zero-order valence-electron chi connectivity index (χ0n) is 10.0. The van der Waals surface area contributed by atoms with Crippen molar-refractivity contribution in [2.24, 2.45) is 5.92 Å². The topological polar surface area (TPSA) is 29.1 Å². The van der Waals surface area contributed by atoms with Crippen LogP contribution in [0.4, 0.5) is 0 Å². The molecule has 0 heterocycles. The molecule has 0 aliphatic heterocycles. The number of hydrogen-bond acceptors (Lipinski definition) is 1. The Kier molecular flexibility index (Phi) is 10.4. The van der Waals surface area contributed by atoms with Gasteiger partial charge in [-0.15, -0.1) is 0 Å². The van der Waals surface area contributed by atoms with E-state index < -0.39 is 0 Å². The summed E-state index contributed by atoms with van der Waals surface area (Å²) in [4.78, 5) is 11.3. The van der Waals surface area contributed by atoms with Crippen LogP contribution in [-0.2, 0) is 4.79 Å². The first-order valence-electron chi connectivity index (χ1n) is 5.99. The van der Waals surface area contributed by atoms with Crippen LogP contribution in [0.3, 0.4) is 0 Å².